The van der Waals surface area contributed by atoms with E-state index in [0.29, 0.717) is 0 Å². The van der Waals surface area contributed by atoms with Gasteiger partial charge in [0.15, 0.2) is 0 Å². The Hall–Kier alpha value is -0.830. The molecule has 55 valence electrons. The first kappa shape index (κ1) is 7.28. The molecule has 1 heterocycles. The zero-order valence-corrected chi connectivity index (χ0v) is 6.15. The maximum Gasteiger partial charge on any atom is 0.137 e. The first-order valence-corrected chi connectivity index (χ1v) is 3.17. The number of aromatic nitrogens is 2. The van der Waals surface area contributed by atoms with E-state index in [1.165, 1.54) is 0 Å². The van der Waals surface area contributed by atoms with Crippen molar-refractivity contribution in [3.05, 3.63) is 24.6 Å². The Balaban J connectivity index is 2.68. The largest absolute Gasteiger partial charge is 0.373 e. The van der Waals surface area contributed by atoms with Crippen molar-refractivity contribution >= 4 is 0 Å². The van der Waals surface area contributed by atoms with E-state index in [-0.39, 0.29) is 0 Å². The first-order chi connectivity index (χ1) is 4.72. The maximum atomic E-state index is 9.37. The van der Waals surface area contributed by atoms with Gasteiger partial charge in [-0.2, -0.15) is 0 Å². The van der Waals surface area contributed by atoms with Crippen LogP contribution >= 0.6 is 0 Å². The zero-order valence-electron chi connectivity index (χ0n) is 6.15. The second-order valence-electron chi connectivity index (χ2n) is 2.46. The summed E-state index contributed by atoms with van der Waals surface area (Å²) in [6, 6.07) is 0. The molecule has 1 aromatic heterocycles. The zero-order chi connectivity index (χ0) is 7.56. The molecule has 1 radical (unpaired) electrons. The Morgan fingerprint density at radius 2 is 2.30 bits per heavy atom. The lowest BCUT2D eigenvalue weighted by molar-refractivity contribution is 0.119. The maximum absolute atomic E-state index is 9.37. The van der Waals surface area contributed by atoms with Crippen LogP contribution in [-0.2, 0) is 0 Å². The normalized spacial score (nSPS) is 14.0. The molecule has 0 spiro atoms. The fourth-order valence-corrected chi connectivity index (χ4v) is 0.712. The molecule has 1 rings (SSSR count). The molecular weight excluding hydrogens is 128 g/mol. The lowest BCUT2D eigenvalue weighted by Gasteiger charge is -2.14. The number of nitrogens with zero attached hydrogens (tertiary/aromatic N) is 2. The quantitative estimate of drug-likeness (QED) is 0.663. The summed E-state index contributed by atoms with van der Waals surface area (Å²) in [6.45, 7) is 3.76. The van der Waals surface area contributed by atoms with Crippen LogP contribution in [0, 0.1) is 5.92 Å². The molecule has 0 saturated carbocycles. The molecule has 1 N–H and O–H groups in total. The van der Waals surface area contributed by atoms with Gasteiger partial charge in [0.1, 0.15) is 6.23 Å². The molecule has 0 amide bonds. The van der Waals surface area contributed by atoms with Crippen molar-refractivity contribution in [3.63, 3.8) is 0 Å². The summed E-state index contributed by atoms with van der Waals surface area (Å²) in [4.78, 5) is 3.82. The van der Waals surface area contributed by atoms with Gasteiger partial charge in [-0.25, -0.2) is 4.98 Å². The van der Waals surface area contributed by atoms with Gasteiger partial charge in [-0.15, -0.1) is 0 Å². The van der Waals surface area contributed by atoms with Crippen LogP contribution in [-0.4, -0.2) is 14.7 Å². The molecular formula is C7H11N2O. The van der Waals surface area contributed by atoms with Crippen LogP contribution in [0.5, 0.6) is 0 Å². The fourth-order valence-electron chi connectivity index (χ4n) is 0.712. The standard InChI is InChI=1S/C7H11N2O/c1-6(2)7(10)9-4-3-8-5-9/h3-5,7,10H,1-2H3. The van der Waals surface area contributed by atoms with Crippen molar-refractivity contribution in [2.75, 3.05) is 0 Å². The molecule has 0 fully saturated rings. The number of imidazole rings is 1. The van der Waals surface area contributed by atoms with Crippen molar-refractivity contribution in [1.29, 1.82) is 0 Å². The highest BCUT2D eigenvalue weighted by atomic mass is 16.3. The molecule has 1 unspecified atom stereocenters. The molecule has 1 atom stereocenters. The average molecular weight is 139 g/mol. The summed E-state index contributed by atoms with van der Waals surface area (Å²) in [5.41, 5.74) is 0. The van der Waals surface area contributed by atoms with E-state index in [1.807, 2.05) is 13.8 Å². The lowest BCUT2D eigenvalue weighted by Crippen LogP contribution is -2.10. The highest BCUT2D eigenvalue weighted by Gasteiger charge is 2.09. The summed E-state index contributed by atoms with van der Waals surface area (Å²) in [5.74, 6) is 0.956. The predicted octanol–water partition coefficient (Wildman–Crippen LogP) is 0.988. The Bertz CT molecular complexity index is 181. The van der Waals surface area contributed by atoms with E-state index in [9.17, 15) is 5.11 Å². The van der Waals surface area contributed by atoms with Gasteiger partial charge in [-0.1, -0.05) is 13.8 Å². The van der Waals surface area contributed by atoms with Gasteiger partial charge < -0.3 is 9.67 Å². The Morgan fingerprint density at radius 1 is 1.60 bits per heavy atom. The number of hydrogen-bond donors (Lipinski definition) is 1. The molecule has 3 heteroatoms. The van der Waals surface area contributed by atoms with Crippen LogP contribution in [0.2, 0.25) is 0 Å². The van der Waals surface area contributed by atoms with Gasteiger partial charge in [0.2, 0.25) is 0 Å². The van der Waals surface area contributed by atoms with Gasteiger partial charge in [-0.3, -0.25) is 0 Å². The minimum Gasteiger partial charge on any atom is -0.373 e. The topological polar surface area (TPSA) is 38.0 Å². The van der Waals surface area contributed by atoms with Gasteiger partial charge in [0.25, 0.3) is 0 Å². The highest BCUT2D eigenvalue weighted by molar-refractivity contribution is 4.88. The van der Waals surface area contributed by atoms with Crippen LogP contribution in [0.3, 0.4) is 0 Å². The van der Waals surface area contributed by atoms with Crippen LogP contribution in [0.15, 0.2) is 18.7 Å². The highest BCUT2D eigenvalue weighted by Crippen LogP contribution is 2.14. The van der Waals surface area contributed by atoms with Gasteiger partial charge in [-0.05, 0) is 0 Å². The Morgan fingerprint density at radius 3 is 2.70 bits per heavy atom. The number of aliphatic hydroxyl groups excluding tert-OH is 1. The van der Waals surface area contributed by atoms with Crippen LogP contribution in [0.25, 0.3) is 0 Å². The Labute approximate surface area is 60.3 Å². The minimum atomic E-state index is -0.525. The molecule has 0 bridgehead atoms. The molecule has 0 aliphatic rings. The molecule has 0 aliphatic carbocycles. The SMILES string of the molecule is C[C](C)C(O)n1ccnc1. The van der Waals surface area contributed by atoms with E-state index >= 15 is 0 Å². The smallest absolute Gasteiger partial charge is 0.137 e. The summed E-state index contributed by atoms with van der Waals surface area (Å²) >= 11 is 0. The number of aliphatic hydroxyl groups is 1. The van der Waals surface area contributed by atoms with E-state index in [0.717, 1.165) is 5.92 Å². The van der Waals surface area contributed by atoms with Gasteiger partial charge >= 0.3 is 0 Å². The fraction of sp³-hybridized carbons (Fsp3) is 0.429. The first-order valence-electron chi connectivity index (χ1n) is 3.17. The number of hydrogen-bond acceptors (Lipinski definition) is 2. The monoisotopic (exact) mass is 139 g/mol. The van der Waals surface area contributed by atoms with Gasteiger partial charge in [0, 0.05) is 18.3 Å². The molecule has 0 saturated heterocycles. The van der Waals surface area contributed by atoms with Gasteiger partial charge in [0.05, 0.1) is 6.33 Å². The number of rotatable bonds is 2. The third kappa shape index (κ3) is 1.36. The van der Waals surface area contributed by atoms with Crippen molar-refractivity contribution in [1.82, 2.24) is 9.55 Å². The minimum absolute atomic E-state index is 0.525. The summed E-state index contributed by atoms with van der Waals surface area (Å²) in [5, 5.41) is 9.37. The van der Waals surface area contributed by atoms with E-state index in [4.69, 9.17) is 0 Å². The second-order valence-corrected chi connectivity index (χ2v) is 2.46. The lowest BCUT2D eigenvalue weighted by atomic mass is 10.2. The van der Waals surface area contributed by atoms with E-state index in [2.05, 4.69) is 4.98 Å². The van der Waals surface area contributed by atoms with Crippen molar-refractivity contribution in [2.24, 2.45) is 0 Å². The molecule has 0 aliphatic heterocycles. The third-order valence-corrected chi connectivity index (χ3v) is 1.32. The van der Waals surface area contributed by atoms with Crippen LogP contribution in [0.4, 0.5) is 0 Å². The second kappa shape index (κ2) is 2.84. The van der Waals surface area contributed by atoms with Crippen molar-refractivity contribution in [3.8, 4) is 0 Å². The summed E-state index contributed by atoms with van der Waals surface area (Å²) in [6.07, 6.45) is 4.45. The predicted molar refractivity (Wildman–Crippen MR) is 38.1 cm³/mol. The molecule has 3 nitrogen and oxygen atoms in total. The van der Waals surface area contributed by atoms with Crippen molar-refractivity contribution < 1.29 is 5.11 Å². The summed E-state index contributed by atoms with van der Waals surface area (Å²) < 4.78 is 1.65. The Kier molecular flexibility index (Phi) is 2.06. The van der Waals surface area contributed by atoms with Crippen LogP contribution in [0.1, 0.15) is 20.1 Å². The average Bonchev–Trinajstić information content (AvgIpc) is 2.36. The van der Waals surface area contributed by atoms with E-state index < -0.39 is 6.23 Å². The third-order valence-electron chi connectivity index (χ3n) is 1.32. The summed E-state index contributed by atoms with van der Waals surface area (Å²) in [7, 11) is 0. The molecule has 1 aromatic rings. The molecule has 0 aromatic carbocycles. The molecule has 10 heavy (non-hydrogen) atoms. The van der Waals surface area contributed by atoms with Crippen LogP contribution < -0.4 is 0 Å². The van der Waals surface area contributed by atoms with Crippen molar-refractivity contribution in [2.45, 2.75) is 20.1 Å². The van der Waals surface area contributed by atoms with E-state index in [1.54, 1.807) is 23.3 Å².